The van der Waals surface area contributed by atoms with Gasteiger partial charge in [-0.25, -0.2) is 4.98 Å². The molecule has 20 N–H and O–H groups in total. The van der Waals surface area contributed by atoms with Crippen LogP contribution in [-0.2, 0) is 72.0 Å². The number of H-pyrrole nitrogens is 2. The summed E-state index contributed by atoms with van der Waals surface area (Å²) in [6.07, 6.45) is 5.36. The number of imidazole rings is 1. The number of aliphatic hydroxyl groups excluding tert-OH is 1. The van der Waals surface area contributed by atoms with Gasteiger partial charge in [0.25, 0.3) is 0 Å². The highest BCUT2D eigenvalue weighted by molar-refractivity contribution is 5.99. The first kappa shape index (κ1) is 64.6. The van der Waals surface area contributed by atoms with Gasteiger partial charge in [-0.15, -0.1) is 0 Å². The molecule has 2 aliphatic rings. The maximum atomic E-state index is 14.4. The highest BCUT2D eigenvalue weighted by Gasteiger charge is 2.39. The monoisotopic (exact) mass is 1180 g/mol. The summed E-state index contributed by atoms with van der Waals surface area (Å²) in [5, 5.41) is 44.5. The van der Waals surface area contributed by atoms with Gasteiger partial charge in [-0.3, -0.25) is 69.2 Å². The van der Waals surface area contributed by atoms with Crippen LogP contribution in [0.5, 0.6) is 5.75 Å². The first-order chi connectivity index (χ1) is 40.6. The molecule has 8 atom stereocenters. The summed E-state index contributed by atoms with van der Waals surface area (Å²) in [5.74, 6) is -8.68. The lowest BCUT2D eigenvalue weighted by molar-refractivity contribution is -0.459. The maximum absolute atomic E-state index is 14.4. The Labute approximate surface area is 488 Å². The minimum atomic E-state index is -1.76. The van der Waals surface area contributed by atoms with Crippen molar-refractivity contribution < 1.29 is 67.9 Å². The number of phenolic OH excluding ortho intramolecular Hbond substituents is 1. The van der Waals surface area contributed by atoms with Gasteiger partial charge in [-0.2, -0.15) is 0 Å². The van der Waals surface area contributed by atoms with Crippen molar-refractivity contribution in [2.24, 2.45) is 23.1 Å². The number of guanidine groups is 1. The number of amides is 11. The molecule has 6 rings (SSSR count). The van der Waals surface area contributed by atoms with Crippen LogP contribution in [0.2, 0.25) is 0 Å². The van der Waals surface area contributed by atoms with Crippen LogP contribution in [0.4, 0.5) is 0 Å². The molecule has 85 heavy (non-hydrogen) atoms. The van der Waals surface area contributed by atoms with E-state index in [1.165, 1.54) is 41.7 Å². The predicted molar refractivity (Wildman–Crippen MR) is 304 cm³/mol. The number of nitrogens with zero attached hydrogens (tertiary/aromatic N) is 2. The third-order valence-corrected chi connectivity index (χ3v) is 14.2. The summed E-state index contributed by atoms with van der Waals surface area (Å²) in [4.78, 5) is 163. The van der Waals surface area contributed by atoms with Crippen LogP contribution in [0.3, 0.4) is 0 Å². The number of rotatable bonds is 31. The van der Waals surface area contributed by atoms with E-state index >= 15 is 0 Å². The number of likely N-dealkylation sites (tertiary alicyclic amines) is 1. The Bertz CT molecular complexity index is 3060. The number of aromatic nitrogens is 3. The number of aromatic amines is 2. The second-order valence-corrected chi connectivity index (χ2v) is 21.2. The number of phenols is 1. The molecule has 30 heteroatoms. The number of carbonyl (C=O) groups is 11. The Balaban J connectivity index is 1.16. The van der Waals surface area contributed by atoms with Crippen LogP contribution in [0.1, 0.15) is 75.6 Å². The number of benzene rings is 2. The minimum Gasteiger partial charge on any atom is -0.508 e. The molecule has 4 aromatic rings. The molecule has 2 aliphatic heterocycles. The molecule has 11 amide bonds. The van der Waals surface area contributed by atoms with Crippen LogP contribution in [-0.4, -0.2) is 182 Å². The molecule has 4 heterocycles. The number of nitrogens with one attached hydrogen (secondary N) is 12. The zero-order valence-corrected chi connectivity index (χ0v) is 47.2. The molecule has 2 saturated heterocycles. The van der Waals surface area contributed by atoms with Crippen molar-refractivity contribution in [1.29, 1.82) is 0 Å². The third kappa shape index (κ3) is 19.5. The van der Waals surface area contributed by atoms with Crippen molar-refractivity contribution in [2.45, 2.75) is 126 Å². The van der Waals surface area contributed by atoms with E-state index in [0.717, 1.165) is 0 Å². The fourth-order valence-corrected chi connectivity index (χ4v) is 9.83. The SMILES string of the molecule is CC(C)C[C@@H](NC(=O)CNC(=O)[C@@H](Cc1ccc(O)cc1)NC(=O)[C@@H](CO)NC(=O)[C@@H](Cc1c[nH]c2ccccc12)NC(=O)[C@@H](Cc1cnc[nH]1)NC(=O)[C@H]1CCC(=O)N1)C(=O)N[C@H](CCC[NH+]=C(N)N)C(=O)N1CCC[C@@H]1C(=O)NCC(N)=O. The van der Waals surface area contributed by atoms with Gasteiger partial charge in [0.15, 0.2) is 0 Å². The van der Waals surface area contributed by atoms with Gasteiger partial charge >= 0.3 is 5.96 Å². The van der Waals surface area contributed by atoms with Gasteiger partial charge < -0.3 is 78.7 Å². The zero-order chi connectivity index (χ0) is 61.7. The van der Waals surface area contributed by atoms with Gasteiger partial charge in [0.2, 0.25) is 65.0 Å². The quantitative estimate of drug-likeness (QED) is 0.0127. The van der Waals surface area contributed by atoms with Crippen molar-refractivity contribution in [2.75, 3.05) is 32.8 Å². The van der Waals surface area contributed by atoms with Crippen molar-refractivity contribution in [1.82, 2.24) is 67.7 Å². The number of carbonyl (C=O) groups excluding carboxylic acids is 11. The minimum absolute atomic E-state index is 0.0468. The summed E-state index contributed by atoms with van der Waals surface area (Å²) in [6, 6.07) is 2.42. The van der Waals surface area contributed by atoms with Crippen LogP contribution in [0.15, 0.2) is 67.3 Å². The summed E-state index contributed by atoms with van der Waals surface area (Å²) in [6.45, 7) is 1.77. The summed E-state index contributed by atoms with van der Waals surface area (Å²) < 4.78 is 0. The first-order valence-electron chi connectivity index (χ1n) is 27.9. The zero-order valence-electron chi connectivity index (χ0n) is 47.2. The Kier molecular flexibility index (Phi) is 23.7. The highest BCUT2D eigenvalue weighted by atomic mass is 16.3. The summed E-state index contributed by atoms with van der Waals surface area (Å²) >= 11 is 0. The highest BCUT2D eigenvalue weighted by Crippen LogP contribution is 2.22. The molecule has 2 aromatic carbocycles. The number of nitrogens with two attached hydrogens (primary N) is 3. The topological polar surface area (TPSA) is 476 Å². The fraction of sp³-hybridized carbons (Fsp3) is 0.473. The number of aliphatic hydroxyl groups is 1. The van der Waals surface area contributed by atoms with Crippen molar-refractivity contribution in [3.63, 3.8) is 0 Å². The largest absolute Gasteiger partial charge is 0.508 e. The van der Waals surface area contributed by atoms with E-state index in [1.54, 1.807) is 44.3 Å². The smallest absolute Gasteiger partial charge is 0.338 e. The van der Waals surface area contributed by atoms with E-state index in [2.05, 4.69) is 67.8 Å². The Morgan fingerprint density at radius 2 is 1.39 bits per heavy atom. The van der Waals surface area contributed by atoms with Crippen LogP contribution in [0.25, 0.3) is 10.9 Å². The number of fused-ring (bicyclic) bond motifs is 1. The molecule has 30 nitrogen and oxygen atoms in total. The molecular weight excluding hydrogens is 1110 g/mol. The average molecular weight is 1180 g/mol. The van der Waals surface area contributed by atoms with Gasteiger partial charge in [-0.1, -0.05) is 44.2 Å². The standard InChI is InChI=1S/C55H75N17O13/c1-29(2)19-38(49(80)67-37(9-5-17-60-55(57)58)54(85)72-18-6-10-43(72)53(84)62-25-44(56)75)66-46(77)26-63-47(78)39(20-30-11-13-33(74)14-12-30)68-52(83)42(27-73)71-50(81)40(21-31-23-61-35-8-4-3-7-34(31)35)69-51(82)41(22-32-24-59-28-64-32)70-48(79)36-15-16-45(76)65-36/h3-4,7-8,11-14,23-24,28-29,36-43,61,73-74H,5-6,9-10,15-22,25-27H2,1-2H3,(H2,56,75)(H,59,64)(H,62,84)(H,63,78)(H,65,76)(H,66,77)(H,67,80)(H,68,83)(H,69,82)(H,70,79)(H,71,81)(H4,57,58,60)/p+1/t36-,37-,38-,39-,40-,41-,42-,43-/m1/s1. The van der Waals surface area contributed by atoms with E-state index < -0.39 is 127 Å². The molecule has 2 fully saturated rings. The Hall–Kier alpha value is -9.61. The molecule has 2 aromatic heterocycles. The first-order valence-corrected chi connectivity index (χ1v) is 27.9. The Morgan fingerprint density at radius 1 is 0.729 bits per heavy atom. The summed E-state index contributed by atoms with van der Waals surface area (Å²) in [5.41, 5.74) is 18.5. The van der Waals surface area contributed by atoms with E-state index in [9.17, 15) is 63.0 Å². The predicted octanol–water partition coefficient (Wildman–Crippen LogP) is -6.31. The lowest BCUT2D eigenvalue weighted by atomic mass is 10.0. The lowest BCUT2D eigenvalue weighted by Gasteiger charge is -2.30. The number of para-hydroxylation sites is 1. The number of hydrogen-bond acceptors (Lipinski definition) is 14. The maximum Gasteiger partial charge on any atom is 0.338 e. The van der Waals surface area contributed by atoms with Crippen LogP contribution >= 0.6 is 0 Å². The molecular formula is C55H76N17O13+. The number of hydrogen-bond donors (Lipinski definition) is 17. The van der Waals surface area contributed by atoms with Crippen LogP contribution in [0, 0.1) is 5.92 Å². The molecule has 0 aliphatic carbocycles. The van der Waals surface area contributed by atoms with E-state index in [-0.39, 0.29) is 94.4 Å². The number of aromatic hydroxyl groups is 1. The van der Waals surface area contributed by atoms with Crippen molar-refractivity contribution in [3.05, 3.63) is 84.1 Å². The second kappa shape index (κ2) is 31.2. The average Bonchev–Trinajstić information content (AvgIpc) is 4.32. The molecule has 0 radical (unpaired) electrons. The van der Waals surface area contributed by atoms with E-state index in [4.69, 9.17) is 17.2 Å². The number of primary amides is 1. The molecule has 0 bridgehead atoms. The van der Waals surface area contributed by atoms with Gasteiger partial charge in [0.1, 0.15) is 54.1 Å². The molecule has 0 saturated carbocycles. The second-order valence-electron chi connectivity index (χ2n) is 21.2. The molecule has 0 unspecified atom stereocenters. The Morgan fingerprint density at radius 3 is 2.04 bits per heavy atom. The lowest BCUT2D eigenvalue weighted by Crippen LogP contribution is -2.78. The van der Waals surface area contributed by atoms with Crippen molar-refractivity contribution >= 4 is 81.8 Å². The molecule has 0 spiro atoms. The fourth-order valence-electron chi connectivity index (χ4n) is 9.83. The van der Waals surface area contributed by atoms with E-state index in [0.29, 0.717) is 34.1 Å². The van der Waals surface area contributed by atoms with Gasteiger partial charge in [0, 0.05) is 61.2 Å². The third-order valence-electron chi connectivity index (χ3n) is 14.2. The van der Waals surface area contributed by atoms with Gasteiger partial charge in [0.05, 0.1) is 32.6 Å². The summed E-state index contributed by atoms with van der Waals surface area (Å²) in [7, 11) is 0. The normalized spacial score (nSPS) is 16.8. The van der Waals surface area contributed by atoms with Gasteiger partial charge in [-0.05, 0) is 73.8 Å². The van der Waals surface area contributed by atoms with E-state index in [1.807, 2.05) is 0 Å². The van der Waals surface area contributed by atoms with Crippen LogP contribution < -0.4 is 70.0 Å². The molecule has 458 valence electrons. The van der Waals surface area contributed by atoms with Crippen molar-refractivity contribution in [3.8, 4) is 5.75 Å².